The molecule has 1 aromatic rings. The topological polar surface area (TPSA) is 64.0 Å². The number of nitrogens with zero attached hydrogens (tertiary/aromatic N) is 2. The Hall–Kier alpha value is -0.880. The van der Waals surface area contributed by atoms with E-state index in [0.29, 0.717) is 17.5 Å². The summed E-state index contributed by atoms with van der Waals surface area (Å²) < 4.78 is 24.5. The van der Waals surface area contributed by atoms with Crippen molar-refractivity contribution in [3.05, 3.63) is 17.5 Å². The Labute approximate surface area is 108 Å². The van der Waals surface area contributed by atoms with Crippen LogP contribution in [-0.4, -0.2) is 35.7 Å². The molecule has 0 amide bonds. The lowest BCUT2D eigenvalue weighted by Crippen LogP contribution is -2.37. The second kappa shape index (κ2) is 5.40. The normalized spacial score (nSPS) is 20.1. The molecule has 6 heteroatoms. The van der Waals surface area contributed by atoms with Gasteiger partial charge < -0.3 is 5.32 Å². The van der Waals surface area contributed by atoms with Gasteiger partial charge in [0.05, 0.1) is 22.9 Å². The molecule has 0 radical (unpaired) electrons. The molecule has 0 unspecified atom stereocenters. The number of aryl methyl sites for hydroxylation is 2. The van der Waals surface area contributed by atoms with E-state index in [1.54, 1.807) is 0 Å². The molecular formula is C12H21N3O2S. The van der Waals surface area contributed by atoms with Crippen LogP contribution in [0.15, 0.2) is 6.07 Å². The highest BCUT2D eigenvalue weighted by atomic mass is 32.2. The summed E-state index contributed by atoms with van der Waals surface area (Å²) in [5.74, 6) is 0.631. The van der Waals surface area contributed by atoms with Crippen molar-refractivity contribution in [1.82, 2.24) is 15.1 Å². The first-order valence-electron chi connectivity index (χ1n) is 6.46. The highest BCUT2D eigenvalue weighted by Crippen LogP contribution is 2.13. The molecule has 0 atom stereocenters. The molecule has 5 nitrogen and oxygen atoms in total. The van der Waals surface area contributed by atoms with Crippen LogP contribution >= 0.6 is 0 Å². The van der Waals surface area contributed by atoms with Crippen LogP contribution in [0.25, 0.3) is 0 Å². The van der Waals surface area contributed by atoms with Gasteiger partial charge in [0.25, 0.3) is 0 Å². The zero-order valence-electron chi connectivity index (χ0n) is 11.0. The van der Waals surface area contributed by atoms with E-state index >= 15 is 0 Å². The lowest BCUT2D eigenvalue weighted by atomic mass is 10.1. The lowest BCUT2D eigenvalue weighted by molar-refractivity contribution is 0.454. The second-order valence-corrected chi connectivity index (χ2v) is 7.21. The van der Waals surface area contributed by atoms with Crippen molar-refractivity contribution in [2.45, 2.75) is 38.8 Å². The Bertz CT molecular complexity index is 493. The molecule has 1 aliphatic rings. The first kappa shape index (κ1) is 13.5. The summed E-state index contributed by atoms with van der Waals surface area (Å²) in [6.07, 6.45) is 2.39. The number of hydrogen-bond acceptors (Lipinski definition) is 4. The Balaban J connectivity index is 1.86. The molecule has 1 aliphatic heterocycles. The minimum absolute atomic E-state index is 0.313. The van der Waals surface area contributed by atoms with Gasteiger partial charge in [-0.3, -0.25) is 4.68 Å². The molecule has 1 aromatic heterocycles. The Morgan fingerprint density at radius 2 is 2.11 bits per heavy atom. The van der Waals surface area contributed by atoms with Gasteiger partial charge in [0.15, 0.2) is 0 Å². The van der Waals surface area contributed by atoms with E-state index in [-0.39, 0.29) is 0 Å². The average molecular weight is 271 g/mol. The smallest absolute Gasteiger partial charge is 0.150 e. The van der Waals surface area contributed by atoms with Gasteiger partial charge in [0.1, 0.15) is 9.84 Å². The first-order valence-corrected chi connectivity index (χ1v) is 8.28. The van der Waals surface area contributed by atoms with Crippen molar-refractivity contribution in [3.63, 3.8) is 0 Å². The van der Waals surface area contributed by atoms with Crippen molar-refractivity contribution in [2.75, 3.05) is 11.5 Å². The zero-order chi connectivity index (χ0) is 13.2. The molecule has 0 bridgehead atoms. The van der Waals surface area contributed by atoms with Crippen molar-refractivity contribution in [1.29, 1.82) is 0 Å². The number of aromatic nitrogens is 2. The van der Waals surface area contributed by atoms with Gasteiger partial charge in [-0.25, -0.2) is 8.42 Å². The van der Waals surface area contributed by atoms with Crippen LogP contribution in [0, 0.1) is 0 Å². The molecule has 2 heterocycles. The van der Waals surface area contributed by atoms with E-state index in [1.165, 1.54) is 0 Å². The number of hydrogen-bond donors (Lipinski definition) is 1. The van der Waals surface area contributed by atoms with Crippen molar-refractivity contribution < 1.29 is 8.42 Å². The summed E-state index contributed by atoms with van der Waals surface area (Å²) in [4.78, 5) is 0. The SMILES string of the molecule is CCc1cc(CNC2CCS(=O)(=O)CC2)n(C)n1. The fourth-order valence-electron chi connectivity index (χ4n) is 2.25. The summed E-state index contributed by atoms with van der Waals surface area (Å²) >= 11 is 0. The van der Waals surface area contributed by atoms with Crippen molar-refractivity contribution in [2.24, 2.45) is 7.05 Å². The van der Waals surface area contributed by atoms with Gasteiger partial charge in [-0.15, -0.1) is 0 Å². The molecule has 1 fully saturated rings. The minimum Gasteiger partial charge on any atom is -0.308 e. The van der Waals surface area contributed by atoms with Crippen LogP contribution in [0.2, 0.25) is 0 Å². The van der Waals surface area contributed by atoms with Crippen LogP contribution in [0.5, 0.6) is 0 Å². The van der Waals surface area contributed by atoms with Crippen LogP contribution in [0.3, 0.4) is 0 Å². The van der Waals surface area contributed by atoms with E-state index in [0.717, 1.165) is 37.2 Å². The average Bonchev–Trinajstić information content (AvgIpc) is 2.69. The molecule has 18 heavy (non-hydrogen) atoms. The number of sulfone groups is 1. The predicted octanol–water partition coefficient (Wildman–Crippen LogP) is 0.649. The van der Waals surface area contributed by atoms with E-state index in [1.807, 2.05) is 11.7 Å². The number of rotatable bonds is 4. The van der Waals surface area contributed by atoms with Gasteiger partial charge in [-0.05, 0) is 25.3 Å². The van der Waals surface area contributed by atoms with E-state index in [9.17, 15) is 8.42 Å². The molecule has 0 aromatic carbocycles. The molecule has 0 saturated carbocycles. The second-order valence-electron chi connectivity index (χ2n) is 4.91. The van der Waals surface area contributed by atoms with Crippen LogP contribution in [0.1, 0.15) is 31.2 Å². The van der Waals surface area contributed by atoms with E-state index < -0.39 is 9.84 Å². The highest BCUT2D eigenvalue weighted by Gasteiger charge is 2.23. The maximum atomic E-state index is 11.3. The van der Waals surface area contributed by atoms with Gasteiger partial charge in [0, 0.05) is 19.6 Å². The Kier molecular flexibility index (Phi) is 4.07. The lowest BCUT2D eigenvalue weighted by Gasteiger charge is -2.23. The third-order valence-corrected chi connectivity index (χ3v) is 5.23. The predicted molar refractivity (Wildman–Crippen MR) is 71.1 cm³/mol. The molecule has 1 N–H and O–H groups in total. The van der Waals surface area contributed by atoms with E-state index in [4.69, 9.17) is 0 Å². The first-order chi connectivity index (χ1) is 8.50. The fourth-order valence-corrected chi connectivity index (χ4v) is 3.74. The third-order valence-electron chi connectivity index (χ3n) is 3.52. The highest BCUT2D eigenvalue weighted by molar-refractivity contribution is 7.91. The maximum absolute atomic E-state index is 11.3. The summed E-state index contributed by atoms with van der Waals surface area (Å²) in [6.45, 7) is 2.85. The largest absolute Gasteiger partial charge is 0.308 e. The fraction of sp³-hybridized carbons (Fsp3) is 0.750. The van der Waals surface area contributed by atoms with E-state index in [2.05, 4.69) is 23.4 Å². The summed E-state index contributed by atoms with van der Waals surface area (Å²) in [6, 6.07) is 2.42. The van der Waals surface area contributed by atoms with Gasteiger partial charge in [0.2, 0.25) is 0 Å². The number of nitrogens with one attached hydrogen (secondary N) is 1. The van der Waals surface area contributed by atoms with Crippen LogP contribution in [0.4, 0.5) is 0 Å². The van der Waals surface area contributed by atoms with Gasteiger partial charge in [-0.2, -0.15) is 5.10 Å². The monoisotopic (exact) mass is 271 g/mol. The molecular weight excluding hydrogens is 250 g/mol. The quantitative estimate of drug-likeness (QED) is 0.873. The zero-order valence-corrected chi connectivity index (χ0v) is 11.8. The van der Waals surface area contributed by atoms with Crippen molar-refractivity contribution >= 4 is 9.84 Å². The molecule has 1 saturated heterocycles. The molecule has 0 aliphatic carbocycles. The van der Waals surface area contributed by atoms with Gasteiger partial charge >= 0.3 is 0 Å². The third kappa shape index (κ3) is 3.32. The Morgan fingerprint density at radius 1 is 1.44 bits per heavy atom. The van der Waals surface area contributed by atoms with Crippen LogP contribution < -0.4 is 5.32 Å². The minimum atomic E-state index is -2.76. The van der Waals surface area contributed by atoms with Crippen molar-refractivity contribution in [3.8, 4) is 0 Å². The maximum Gasteiger partial charge on any atom is 0.150 e. The molecule has 0 spiro atoms. The standard InChI is InChI=1S/C12H21N3O2S/c1-3-10-8-12(15(2)14-10)9-13-11-4-6-18(16,17)7-5-11/h8,11,13H,3-7,9H2,1-2H3. The summed E-state index contributed by atoms with van der Waals surface area (Å²) in [5, 5.41) is 7.83. The summed E-state index contributed by atoms with van der Waals surface area (Å²) in [7, 11) is -0.818. The molecule has 2 rings (SSSR count). The summed E-state index contributed by atoms with van der Waals surface area (Å²) in [5.41, 5.74) is 2.25. The molecule has 102 valence electrons. The van der Waals surface area contributed by atoms with Crippen LogP contribution in [-0.2, 0) is 29.9 Å². The Morgan fingerprint density at radius 3 is 2.67 bits per heavy atom. The van der Waals surface area contributed by atoms with Gasteiger partial charge in [-0.1, -0.05) is 6.92 Å².